The molecule has 184 valence electrons. The van der Waals surface area contributed by atoms with Crippen LogP contribution in [0.25, 0.3) is 33.9 Å². The Balaban J connectivity index is 1.36. The van der Waals surface area contributed by atoms with Crippen LogP contribution in [0.2, 0.25) is 0 Å². The standard InChI is InChI=1S/C28H24N5O3P/c1-16-9-11-21-25(35)22(28-31-26(32-36-28)18-6-4-7-19(37)13-18)14-33(27(21)29-16)15-24(34)30-23-12-10-17-5-2-3-8-20(17)23/h2-9,11,13-14,23H,10,12,15,37H2,1H3,(H,30,34). The van der Waals surface area contributed by atoms with E-state index in [4.69, 9.17) is 4.52 Å². The van der Waals surface area contributed by atoms with E-state index in [1.807, 2.05) is 43.3 Å². The van der Waals surface area contributed by atoms with Crippen LogP contribution in [0.5, 0.6) is 0 Å². The molecular formula is C28H24N5O3P. The number of aromatic nitrogens is 4. The van der Waals surface area contributed by atoms with Gasteiger partial charge in [0.05, 0.1) is 11.4 Å². The first-order chi connectivity index (χ1) is 18.0. The number of aryl methyl sites for hydroxylation is 2. The number of hydrogen-bond donors (Lipinski definition) is 1. The smallest absolute Gasteiger partial charge is 0.263 e. The molecule has 2 unspecified atom stereocenters. The predicted molar refractivity (Wildman–Crippen MR) is 144 cm³/mol. The lowest BCUT2D eigenvalue weighted by Gasteiger charge is -2.16. The van der Waals surface area contributed by atoms with E-state index in [1.165, 1.54) is 5.56 Å². The van der Waals surface area contributed by atoms with Crippen molar-refractivity contribution in [2.24, 2.45) is 0 Å². The van der Waals surface area contributed by atoms with Gasteiger partial charge < -0.3 is 14.4 Å². The first-order valence-electron chi connectivity index (χ1n) is 12.0. The predicted octanol–water partition coefficient (Wildman–Crippen LogP) is 3.73. The Bertz CT molecular complexity index is 1730. The Morgan fingerprint density at radius 1 is 1.14 bits per heavy atom. The zero-order valence-electron chi connectivity index (χ0n) is 20.1. The van der Waals surface area contributed by atoms with Crippen LogP contribution in [0, 0.1) is 6.92 Å². The number of rotatable bonds is 5. The zero-order valence-corrected chi connectivity index (χ0v) is 21.3. The lowest BCUT2D eigenvalue weighted by molar-refractivity contribution is -0.122. The summed E-state index contributed by atoms with van der Waals surface area (Å²) in [6.45, 7) is 1.84. The van der Waals surface area contributed by atoms with Gasteiger partial charge in [0.25, 0.3) is 5.89 Å². The van der Waals surface area contributed by atoms with Gasteiger partial charge in [-0.05, 0) is 54.4 Å². The molecule has 2 atom stereocenters. The Labute approximate surface area is 215 Å². The number of amides is 1. The average molecular weight is 510 g/mol. The van der Waals surface area contributed by atoms with E-state index in [-0.39, 0.29) is 35.4 Å². The third-order valence-corrected chi connectivity index (χ3v) is 7.00. The van der Waals surface area contributed by atoms with Gasteiger partial charge in [-0.2, -0.15) is 4.98 Å². The third-order valence-electron chi connectivity index (χ3n) is 6.64. The summed E-state index contributed by atoms with van der Waals surface area (Å²) in [5, 5.41) is 8.59. The van der Waals surface area contributed by atoms with Crippen molar-refractivity contribution in [2.45, 2.75) is 32.4 Å². The van der Waals surface area contributed by atoms with Gasteiger partial charge in [0.2, 0.25) is 17.2 Å². The monoisotopic (exact) mass is 509 g/mol. The van der Waals surface area contributed by atoms with Crippen molar-refractivity contribution in [1.29, 1.82) is 0 Å². The van der Waals surface area contributed by atoms with Crippen LogP contribution in [0.3, 0.4) is 0 Å². The highest BCUT2D eigenvalue weighted by Gasteiger charge is 2.24. The fourth-order valence-corrected chi connectivity index (χ4v) is 5.15. The number of hydrogen-bond acceptors (Lipinski definition) is 6. The number of fused-ring (bicyclic) bond motifs is 2. The lowest BCUT2D eigenvalue weighted by atomic mass is 10.1. The molecule has 0 bridgehead atoms. The van der Waals surface area contributed by atoms with Gasteiger partial charge in [-0.25, -0.2) is 4.98 Å². The van der Waals surface area contributed by atoms with Crippen molar-refractivity contribution in [3.8, 4) is 22.8 Å². The largest absolute Gasteiger partial charge is 0.348 e. The van der Waals surface area contributed by atoms with E-state index in [2.05, 4.69) is 41.8 Å². The van der Waals surface area contributed by atoms with E-state index in [0.29, 0.717) is 16.9 Å². The topological polar surface area (TPSA) is 103 Å². The molecule has 0 aliphatic heterocycles. The van der Waals surface area contributed by atoms with Crippen LogP contribution >= 0.6 is 9.24 Å². The number of carbonyl (C=O) groups excluding carboxylic acids is 1. The minimum Gasteiger partial charge on any atom is -0.348 e. The van der Waals surface area contributed by atoms with Gasteiger partial charge in [-0.1, -0.05) is 47.6 Å². The number of benzene rings is 2. The quantitative estimate of drug-likeness (QED) is 0.362. The van der Waals surface area contributed by atoms with Crippen LogP contribution < -0.4 is 16.1 Å². The first kappa shape index (κ1) is 23.3. The molecule has 8 nitrogen and oxygen atoms in total. The summed E-state index contributed by atoms with van der Waals surface area (Å²) >= 11 is 0. The van der Waals surface area contributed by atoms with Crippen LogP contribution in [0.15, 0.2) is 76.2 Å². The second-order valence-corrected chi connectivity index (χ2v) is 9.90. The number of pyridine rings is 2. The van der Waals surface area contributed by atoms with Crippen molar-refractivity contribution < 1.29 is 9.32 Å². The minimum absolute atomic E-state index is 0.00496. The molecule has 3 heterocycles. The molecule has 1 aliphatic rings. The Kier molecular flexibility index (Phi) is 5.89. The third kappa shape index (κ3) is 4.45. The molecule has 0 radical (unpaired) electrons. The Morgan fingerprint density at radius 2 is 2.00 bits per heavy atom. The van der Waals surface area contributed by atoms with Crippen molar-refractivity contribution in [3.05, 3.63) is 93.9 Å². The van der Waals surface area contributed by atoms with E-state index in [1.54, 1.807) is 22.9 Å². The summed E-state index contributed by atoms with van der Waals surface area (Å²) < 4.78 is 7.19. The highest BCUT2D eigenvalue weighted by atomic mass is 31.0. The summed E-state index contributed by atoms with van der Waals surface area (Å²) in [4.78, 5) is 35.6. The summed E-state index contributed by atoms with van der Waals surface area (Å²) in [5.74, 6) is 0.310. The molecule has 2 aromatic carbocycles. The van der Waals surface area contributed by atoms with Gasteiger partial charge >= 0.3 is 0 Å². The van der Waals surface area contributed by atoms with Crippen LogP contribution in [-0.4, -0.2) is 25.6 Å². The van der Waals surface area contributed by atoms with E-state index >= 15 is 0 Å². The Hall–Kier alpha value is -4.16. The second-order valence-electron chi connectivity index (χ2n) is 9.23. The normalized spacial score (nSPS) is 14.6. The summed E-state index contributed by atoms with van der Waals surface area (Å²) in [6.07, 6.45) is 3.38. The molecule has 6 rings (SSSR count). The maximum Gasteiger partial charge on any atom is 0.263 e. The van der Waals surface area contributed by atoms with Gasteiger partial charge in [0, 0.05) is 17.5 Å². The van der Waals surface area contributed by atoms with Gasteiger partial charge in [-0.15, -0.1) is 9.24 Å². The molecule has 3 aromatic heterocycles. The lowest BCUT2D eigenvalue weighted by Crippen LogP contribution is -2.31. The van der Waals surface area contributed by atoms with Gasteiger partial charge in [0.1, 0.15) is 17.8 Å². The molecule has 37 heavy (non-hydrogen) atoms. The first-order valence-corrected chi connectivity index (χ1v) is 12.6. The van der Waals surface area contributed by atoms with Crippen molar-refractivity contribution in [2.75, 3.05) is 0 Å². The summed E-state index contributed by atoms with van der Waals surface area (Å²) in [6, 6.07) is 19.3. The average Bonchev–Trinajstić information content (AvgIpc) is 3.54. The van der Waals surface area contributed by atoms with Crippen LogP contribution in [-0.2, 0) is 17.8 Å². The molecular weight excluding hydrogens is 485 g/mol. The molecule has 0 saturated carbocycles. The summed E-state index contributed by atoms with van der Waals surface area (Å²) in [7, 11) is 2.63. The SMILES string of the molecule is Cc1ccc2c(=O)c(-c3nc(-c4cccc(P)c4)no3)cn(CC(=O)NC3CCc4ccccc43)c2n1. The molecule has 0 spiro atoms. The van der Waals surface area contributed by atoms with E-state index in [9.17, 15) is 9.59 Å². The van der Waals surface area contributed by atoms with Crippen LogP contribution in [0.4, 0.5) is 0 Å². The molecule has 0 fully saturated rings. The highest BCUT2D eigenvalue weighted by molar-refractivity contribution is 7.27. The number of nitrogens with zero attached hydrogens (tertiary/aromatic N) is 4. The van der Waals surface area contributed by atoms with Crippen molar-refractivity contribution in [3.63, 3.8) is 0 Å². The molecule has 0 saturated heterocycles. The minimum atomic E-state index is -0.279. The van der Waals surface area contributed by atoms with Crippen molar-refractivity contribution in [1.82, 2.24) is 25.0 Å². The highest BCUT2D eigenvalue weighted by Crippen LogP contribution is 2.30. The molecule has 1 N–H and O–H groups in total. The fraction of sp³-hybridized carbons (Fsp3) is 0.179. The number of nitrogens with one attached hydrogen (secondary N) is 1. The Morgan fingerprint density at radius 3 is 2.86 bits per heavy atom. The fourth-order valence-electron chi connectivity index (χ4n) is 4.86. The second kappa shape index (κ2) is 9.37. The molecule has 9 heteroatoms. The molecule has 1 aliphatic carbocycles. The number of carbonyl (C=O) groups is 1. The van der Waals surface area contributed by atoms with E-state index in [0.717, 1.165) is 35.0 Å². The van der Waals surface area contributed by atoms with Gasteiger partial charge in [0.15, 0.2) is 0 Å². The maximum absolute atomic E-state index is 13.4. The van der Waals surface area contributed by atoms with E-state index < -0.39 is 0 Å². The summed E-state index contributed by atoms with van der Waals surface area (Å²) in [5.41, 5.74) is 4.32. The van der Waals surface area contributed by atoms with Gasteiger partial charge in [-0.3, -0.25) is 9.59 Å². The molecule has 1 amide bonds. The maximum atomic E-state index is 13.4. The van der Waals surface area contributed by atoms with Crippen molar-refractivity contribution >= 4 is 31.5 Å². The molecule has 5 aromatic rings. The zero-order chi connectivity index (χ0) is 25.5. The van der Waals surface area contributed by atoms with Crippen LogP contribution in [0.1, 0.15) is 29.3 Å².